The van der Waals surface area contributed by atoms with Crippen LogP contribution in [0.1, 0.15) is 61.2 Å². The van der Waals surface area contributed by atoms with E-state index in [1.54, 1.807) is 6.92 Å². The smallest absolute Gasteiger partial charge is 0.282 e. The Labute approximate surface area is 183 Å². The van der Waals surface area contributed by atoms with E-state index in [0.717, 1.165) is 25.7 Å². The number of halogens is 2. The van der Waals surface area contributed by atoms with Crippen LogP contribution in [0, 0.1) is 18.8 Å². The number of aromatic nitrogens is 4. The molecular formula is C21H26F2N6O3. The molecule has 5 rings (SSSR count). The number of carbonyl (C=O) groups excluding carboxylic acids is 1. The molecule has 2 aliphatic carbocycles. The summed E-state index contributed by atoms with van der Waals surface area (Å²) in [5.74, 6) is -1.11. The van der Waals surface area contributed by atoms with E-state index in [9.17, 15) is 13.6 Å². The maximum atomic E-state index is 13.4. The second-order valence-corrected chi connectivity index (χ2v) is 9.42. The van der Waals surface area contributed by atoms with E-state index >= 15 is 0 Å². The molecular weight excluding hydrogens is 422 g/mol. The van der Waals surface area contributed by atoms with Crippen molar-refractivity contribution in [1.29, 1.82) is 0 Å². The summed E-state index contributed by atoms with van der Waals surface area (Å²) in [6.45, 7) is 3.11. The first-order valence-corrected chi connectivity index (χ1v) is 11.0. The standard InChI is InChI=1S/C21H26F2N6O3/c1-12-25-19(28-32-12)20(2,7-13-3-4-13)27-17(30)15-8-24-16(29-10-21(22,23)11-29)18(26-15)31-9-14-5-6-14/h8,13-14H,3-7,9-11H2,1-2H3,(H,27,30). The van der Waals surface area contributed by atoms with E-state index < -0.39 is 30.5 Å². The number of ether oxygens (including phenoxy) is 1. The number of rotatable bonds is 9. The van der Waals surface area contributed by atoms with Gasteiger partial charge in [-0.25, -0.2) is 18.7 Å². The van der Waals surface area contributed by atoms with Crippen molar-refractivity contribution in [1.82, 2.24) is 25.4 Å². The maximum Gasteiger partial charge on any atom is 0.282 e. The molecule has 0 aromatic carbocycles. The fourth-order valence-electron chi connectivity index (χ4n) is 3.87. The third kappa shape index (κ3) is 4.51. The zero-order valence-corrected chi connectivity index (χ0v) is 18.1. The van der Waals surface area contributed by atoms with E-state index in [1.165, 1.54) is 11.1 Å². The summed E-state index contributed by atoms with van der Waals surface area (Å²) < 4.78 is 37.7. The highest BCUT2D eigenvalue weighted by Crippen LogP contribution is 2.40. The Kier molecular flexibility index (Phi) is 5.01. The predicted octanol–water partition coefficient (Wildman–Crippen LogP) is 2.86. The molecule has 0 bridgehead atoms. The maximum absolute atomic E-state index is 13.4. The Morgan fingerprint density at radius 1 is 1.28 bits per heavy atom. The van der Waals surface area contributed by atoms with Gasteiger partial charge in [0.15, 0.2) is 17.3 Å². The largest absolute Gasteiger partial charge is 0.475 e. The van der Waals surface area contributed by atoms with E-state index in [1.807, 2.05) is 6.92 Å². The second kappa shape index (κ2) is 7.63. The van der Waals surface area contributed by atoms with Gasteiger partial charge in [0, 0.05) is 6.92 Å². The SMILES string of the molecule is Cc1nc(C(C)(CC2CC2)NC(=O)c2cnc(N3CC(F)(F)C3)c(OCC3CC3)n2)no1. The first-order valence-electron chi connectivity index (χ1n) is 11.0. The molecule has 2 saturated carbocycles. The van der Waals surface area contributed by atoms with Crippen LogP contribution in [-0.2, 0) is 5.54 Å². The summed E-state index contributed by atoms with van der Waals surface area (Å²) in [6.07, 6.45) is 6.29. The van der Waals surface area contributed by atoms with Crippen LogP contribution in [0.25, 0.3) is 0 Å². The van der Waals surface area contributed by atoms with Crippen molar-refractivity contribution in [2.24, 2.45) is 11.8 Å². The molecule has 3 aliphatic rings. The monoisotopic (exact) mass is 448 g/mol. The highest BCUT2D eigenvalue weighted by molar-refractivity contribution is 5.93. The van der Waals surface area contributed by atoms with Crippen LogP contribution in [0.2, 0.25) is 0 Å². The van der Waals surface area contributed by atoms with Gasteiger partial charge in [-0.05, 0) is 38.0 Å². The molecule has 2 aromatic heterocycles. The lowest BCUT2D eigenvalue weighted by Gasteiger charge is -2.39. The molecule has 3 heterocycles. The van der Waals surface area contributed by atoms with Gasteiger partial charge in [-0.15, -0.1) is 0 Å². The first-order chi connectivity index (χ1) is 15.2. The van der Waals surface area contributed by atoms with Crippen molar-refractivity contribution >= 4 is 11.7 Å². The molecule has 2 aromatic rings. The normalized spacial score (nSPS) is 21.6. The average molecular weight is 448 g/mol. The third-order valence-corrected chi connectivity index (χ3v) is 6.06. The Hall–Kier alpha value is -2.85. The molecule has 3 fully saturated rings. The fourth-order valence-corrected chi connectivity index (χ4v) is 3.87. The van der Waals surface area contributed by atoms with E-state index in [-0.39, 0.29) is 17.4 Å². The van der Waals surface area contributed by atoms with Crippen LogP contribution in [0.5, 0.6) is 5.88 Å². The highest BCUT2D eigenvalue weighted by Gasteiger charge is 2.46. The number of aryl methyl sites for hydroxylation is 1. The van der Waals surface area contributed by atoms with E-state index in [0.29, 0.717) is 36.6 Å². The van der Waals surface area contributed by atoms with Crippen molar-refractivity contribution in [2.75, 3.05) is 24.6 Å². The minimum absolute atomic E-state index is 0.0501. The van der Waals surface area contributed by atoms with Crippen molar-refractivity contribution in [2.45, 2.75) is 57.4 Å². The van der Waals surface area contributed by atoms with Crippen molar-refractivity contribution in [3.63, 3.8) is 0 Å². The highest BCUT2D eigenvalue weighted by atomic mass is 19.3. The lowest BCUT2D eigenvalue weighted by molar-refractivity contribution is -0.0270. The lowest BCUT2D eigenvalue weighted by Crippen LogP contribution is -2.56. The number of carbonyl (C=O) groups is 1. The van der Waals surface area contributed by atoms with Crippen LogP contribution in [-0.4, -0.2) is 51.6 Å². The topological polar surface area (TPSA) is 106 Å². The number of hydrogen-bond donors (Lipinski definition) is 1. The molecule has 32 heavy (non-hydrogen) atoms. The summed E-state index contributed by atoms with van der Waals surface area (Å²) in [5, 5.41) is 7.01. The molecule has 1 amide bonds. The van der Waals surface area contributed by atoms with Gasteiger partial charge in [0.2, 0.25) is 5.89 Å². The molecule has 11 heteroatoms. The third-order valence-electron chi connectivity index (χ3n) is 6.06. The zero-order valence-electron chi connectivity index (χ0n) is 18.1. The summed E-state index contributed by atoms with van der Waals surface area (Å²) in [5.41, 5.74) is -0.778. The van der Waals surface area contributed by atoms with Crippen molar-refractivity contribution < 1.29 is 22.8 Å². The molecule has 1 unspecified atom stereocenters. The quantitative estimate of drug-likeness (QED) is 0.624. The van der Waals surface area contributed by atoms with Crippen LogP contribution < -0.4 is 15.0 Å². The van der Waals surface area contributed by atoms with Gasteiger partial charge >= 0.3 is 0 Å². The van der Waals surface area contributed by atoms with Gasteiger partial charge in [0.05, 0.1) is 25.9 Å². The number of nitrogens with zero attached hydrogens (tertiary/aromatic N) is 5. The summed E-state index contributed by atoms with van der Waals surface area (Å²) in [4.78, 5) is 27.5. The number of amides is 1. The average Bonchev–Trinajstić information content (AvgIpc) is 3.65. The fraction of sp³-hybridized carbons (Fsp3) is 0.667. The van der Waals surface area contributed by atoms with Gasteiger partial charge in [0.25, 0.3) is 17.7 Å². The molecule has 0 radical (unpaired) electrons. The molecule has 0 spiro atoms. The van der Waals surface area contributed by atoms with Crippen LogP contribution in [0.4, 0.5) is 14.6 Å². The van der Waals surface area contributed by atoms with Gasteiger partial charge in [0.1, 0.15) is 5.54 Å². The number of anilines is 1. The van der Waals surface area contributed by atoms with E-state index in [2.05, 4.69) is 25.4 Å². The van der Waals surface area contributed by atoms with Gasteiger partial charge in [-0.3, -0.25) is 4.79 Å². The van der Waals surface area contributed by atoms with Crippen LogP contribution >= 0.6 is 0 Å². The molecule has 9 nitrogen and oxygen atoms in total. The molecule has 1 N–H and O–H groups in total. The minimum Gasteiger partial charge on any atom is -0.475 e. The number of hydrogen-bond acceptors (Lipinski definition) is 8. The summed E-state index contributed by atoms with van der Waals surface area (Å²) in [6, 6.07) is 0. The van der Waals surface area contributed by atoms with Gasteiger partial charge < -0.3 is 19.5 Å². The molecule has 1 atom stereocenters. The molecule has 1 aliphatic heterocycles. The van der Waals surface area contributed by atoms with Crippen LogP contribution in [0.15, 0.2) is 10.7 Å². The number of alkyl halides is 2. The zero-order chi connectivity index (χ0) is 22.5. The Bertz CT molecular complexity index is 1010. The second-order valence-electron chi connectivity index (χ2n) is 9.42. The van der Waals surface area contributed by atoms with Crippen molar-refractivity contribution in [3.8, 4) is 5.88 Å². The van der Waals surface area contributed by atoms with Gasteiger partial charge in [-0.1, -0.05) is 18.0 Å². The first kappa shape index (κ1) is 21.0. The van der Waals surface area contributed by atoms with Crippen molar-refractivity contribution in [3.05, 3.63) is 23.6 Å². The summed E-state index contributed by atoms with van der Waals surface area (Å²) >= 11 is 0. The molecule has 172 valence electrons. The van der Waals surface area contributed by atoms with Gasteiger partial charge in [-0.2, -0.15) is 4.98 Å². The van der Waals surface area contributed by atoms with Crippen LogP contribution in [0.3, 0.4) is 0 Å². The van der Waals surface area contributed by atoms with E-state index in [4.69, 9.17) is 9.26 Å². The Balaban J connectivity index is 1.37. The minimum atomic E-state index is -2.75. The summed E-state index contributed by atoms with van der Waals surface area (Å²) in [7, 11) is 0. The molecule has 1 saturated heterocycles. The lowest BCUT2D eigenvalue weighted by atomic mass is 9.93. The number of nitrogens with one attached hydrogen (secondary N) is 1. The Morgan fingerprint density at radius 3 is 2.59 bits per heavy atom. The predicted molar refractivity (Wildman–Crippen MR) is 109 cm³/mol. The Morgan fingerprint density at radius 2 is 2.00 bits per heavy atom.